The van der Waals surface area contributed by atoms with Crippen molar-refractivity contribution in [1.82, 2.24) is 14.9 Å². The van der Waals surface area contributed by atoms with E-state index < -0.39 is 0 Å². The maximum absolute atomic E-state index is 12.0. The van der Waals surface area contributed by atoms with Crippen molar-refractivity contribution in [3.63, 3.8) is 0 Å². The van der Waals surface area contributed by atoms with Gasteiger partial charge >= 0.3 is 6.09 Å². The zero-order valence-electron chi connectivity index (χ0n) is 16.7. The van der Waals surface area contributed by atoms with Gasteiger partial charge in [0.25, 0.3) is 0 Å². The van der Waals surface area contributed by atoms with Crippen LogP contribution in [0.5, 0.6) is 0 Å². The zero-order chi connectivity index (χ0) is 20.5. The molecule has 0 unspecified atom stereocenters. The van der Waals surface area contributed by atoms with Gasteiger partial charge < -0.3 is 14.5 Å². The van der Waals surface area contributed by atoms with Crippen molar-refractivity contribution < 1.29 is 9.53 Å². The van der Waals surface area contributed by atoms with E-state index in [2.05, 4.69) is 53.0 Å². The van der Waals surface area contributed by atoms with Crippen LogP contribution in [0.1, 0.15) is 17.4 Å². The molecule has 6 nitrogen and oxygen atoms in total. The number of halogens is 1. The molecule has 29 heavy (non-hydrogen) atoms. The molecule has 3 aromatic rings. The van der Waals surface area contributed by atoms with E-state index in [4.69, 9.17) is 16.3 Å². The van der Waals surface area contributed by atoms with Gasteiger partial charge in [0.1, 0.15) is 10.6 Å². The second kappa shape index (κ2) is 8.16. The van der Waals surface area contributed by atoms with E-state index in [1.807, 2.05) is 6.92 Å². The normalized spacial score (nSPS) is 14.5. The highest BCUT2D eigenvalue weighted by atomic mass is 35.5. The summed E-state index contributed by atoms with van der Waals surface area (Å²) in [5.74, 6) is 0.837. The third-order valence-electron chi connectivity index (χ3n) is 5.13. The average Bonchev–Trinajstić information content (AvgIpc) is 3.04. The van der Waals surface area contributed by atoms with Crippen LogP contribution in [-0.4, -0.2) is 53.7 Å². The number of rotatable bonds is 3. The first-order valence-corrected chi connectivity index (χ1v) is 10.9. The van der Waals surface area contributed by atoms with E-state index in [-0.39, 0.29) is 11.4 Å². The minimum atomic E-state index is -0.260. The van der Waals surface area contributed by atoms with Crippen molar-refractivity contribution in [2.24, 2.45) is 0 Å². The molecule has 2 aromatic heterocycles. The first-order chi connectivity index (χ1) is 14.0. The van der Waals surface area contributed by atoms with E-state index in [9.17, 15) is 4.79 Å². The number of nitrogens with zero attached hydrogens (tertiary/aromatic N) is 4. The molecule has 0 saturated carbocycles. The number of carbonyl (C=O) groups excluding carboxylic acids is 1. The summed E-state index contributed by atoms with van der Waals surface area (Å²) in [5, 5.41) is 1.28. The summed E-state index contributed by atoms with van der Waals surface area (Å²) in [7, 11) is 0. The predicted molar refractivity (Wildman–Crippen MR) is 118 cm³/mol. The Morgan fingerprint density at radius 2 is 1.83 bits per heavy atom. The van der Waals surface area contributed by atoms with Gasteiger partial charge in [0.05, 0.1) is 12.0 Å². The summed E-state index contributed by atoms with van der Waals surface area (Å²) in [5.41, 5.74) is 3.53. The Hall–Kier alpha value is -2.38. The molecule has 0 atom stereocenters. The Kier molecular flexibility index (Phi) is 5.61. The van der Waals surface area contributed by atoms with Crippen LogP contribution in [0.2, 0.25) is 5.28 Å². The Labute approximate surface area is 179 Å². The van der Waals surface area contributed by atoms with Crippen LogP contribution in [0.3, 0.4) is 0 Å². The topological polar surface area (TPSA) is 58.6 Å². The van der Waals surface area contributed by atoms with E-state index in [1.54, 1.807) is 16.2 Å². The van der Waals surface area contributed by atoms with Crippen LogP contribution in [0.25, 0.3) is 21.3 Å². The molecule has 1 aliphatic rings. The van der Waals surface area contributed by atoms with E-state index in [0.29, 0.717) is 32.8 Å². The second-order valence-electron chi connectivity index (χ2n) is 7.07. The van der Waals surface area contributed by atoms with Gasteiger partial charge in [0, 0.05) is 36.6 Å². The van der Waals surface area contributed by atoms with Crippen LogP contribution in [0.4, 0.5) is 10.6 Å². The zero-order valence-corrected chi connectivity index (χ0v) is 18.3. The fourth-order valence-corrected chi connectivity index (χ4v) is 4.93. The van der Waals surface area contributed by atoms with Crippen molar-refractivity contribution in [3.8, 4) is 11.1 Å². The highest BCUT2D eigenvalue weighted by molar-refractivity contribution is 7.19. The summed E-state index contributed by atoms with van der Waals surface area (Å²) >= 11 is 7.90. The molecule has 3 heterocycles. The molecule has 0 radical (unpaired) electrons. The average molecular weight is 431 g/mol. The Morgan fingerprint density at radius 1 is 1.14 bits per heavy atom. The molecule has 1 fully saturated rings. The van der Waals surface area contributed by atoms with Crippen molar-refractivity contribution in [2.75, 3.05) is 37.7 Å². The number of ether oxygens (including phenoxy) is 1. The fourth-order valence-electron chi connectivity index (χ4n) is 3.68. The molecule has 0 N–H and O–H groups in total. The number of piperazine rings is 1. The van der Waals surface area contributed by atoms with Crippen molar-refractivity contribution in [1.29, 1.82) is 0 Å². The number of anilines is 1. The SMILES string of the molecule is CCOC(=O)N1CCN(c2nc(Cl)nc3sc(C)c(-c4ccc(C)cc4)c23)CC1. The highest BCUT2D eigenvalue weighted by Crippen LogP contribution is 2.42. The van der Waals surface area contributed by atoms with Crippen LogP contribution < -0.4 is 4.90 Å². The summed E-state index contributed by atoms with van der Waals surface area (Å²) < 4.78 is 5.12. The maximum atomic E-state index is 12.0. The quantitative estimate of drug-likeness (QED) is 0.552. The molecule has 0 spiro atoms. The van der Waals surface area contributed by atoms with Crippen LogP contribution >= 0.6 is 22.9 Å². The molecule has 1 aliphatic heterocycles. The number of aromatic nitrogens is 2. The molecule has 1 amide bonds. The monoisotopic (exact) mass is 430 g/mol. The van der Waals surface area contributed by atoms with Crippen molar-refractivity contribution in [3.05, 3.63) is 40.0 Å². The minimum absolute atomic E-state index is 0.247. The molecule has 8 heteroatoms. The number of fused-ring (bicyclic) bond motifs is 1. The van der Waals surface area contributed by atoms with E-state index in [0.717, 1.165) is 27.2 Å². The number of hydrogen-bond acceptors (Lipinski definition) is 6. The van der Waals surface area contributed by atoms with Crippen molar-refractivity contribution in [2.45, 2.75) is 20.8 Å². The number of thiophene rings is 1. The Bertz CT molecular complexity index is 1040. The Morgan fingerprint density at radius 3 is 2.48 bits per heavy atom. The Balaban J connectivity index is 1.73. The summed E-state index contributed by atoms with van der Waals surface area (Å²) in [6.07, 6.45) is -0.260. The largest absolute Gasteiger partial charge is 0.450 e. The summed E-state index contributed by atoms with van der Waals surface area (Å²) in [6, 6.07) is 8.52. The van der Waals surface area contributed by atoms with Crippen LogP contribution in [0, 0.1) is 13.8 Å². The summed E-state index contributed by atoms with van der Waals surface area (Å²) in [6.45, 7) is 8.91. The third kappa shape index (κ3) is 3.89. The van der Waals surface area contributed by atoms with Gasteiger partial charge in [0.2, 0.25) is 5.28 Å². The fraction of sp³-hybridized carbons (Fsp3) is 0.381. The smallest absolute Gasteiger partial charge is 0.409 e. The molecule has 4 rings (SSSR count). The van der Waals surface area contributed by atoms with Gasteiger partial charge in [-0.1, -0.05) is 29.8 Å². The molecule has 0 aliphatic carbocycles. The van der Waals surface area contributed by atoms with E-state index >= 15 is 0 Å². The first kappa shape index (κ1) is 19.9. The molecular weight excluding hydrogens is 408 g/mol. The second-order valence-corrected chi connectivity index (χ2v) is 8.61. The number of aryl methyl sites for hydroxylation is 2. The molecule has 152 valence electrons. The molecule has 1 aromatic carbocycles. The van der Waals surface area contributed by atoms with Gasteiger partial charge in [-0.2, -0.15) is 4.98 Å². The lowest BCUT2D eigenvalue weighted by Gasteiger charge is -2.35. The number of hydrogen-bond donors (Lipinski definition) is 0. The molecular formula is C21H23ClN4O2S. The predicted octanol–water partition coefficient (Wildman–Crippen LogP) is 4.91. The van der Waals surface area contributed by atoms with Gasteiger partial charge in [-0.05, 0) is 37.9 Å². The van der Waals surface area contributed by atoms with Crippen LogP contribution in [-0.2, 0) is 4.74 Å². The molecule has 0 bridgehead atoms. The lowest BCUT2D eigenvalue weighted by atomic mass is 10.0. The number of benzene rings is 1. The van der Waals surface area contributed by atoms with Crippen LogP contribution in [0.15, 0.2) is 24.3 Å². The third-order valence-corrected chi connectivity index (χ3v) is 6.29. The minimum Gasteiger partial charge on any atom is -0.450 e. The van der Waals surface area contributed by atoms with Gasteiger partial charge in [-0.3, -0.25) is 0 Å². The summed E-state index contributed by atoms with van der Waals surface area (Å²) in [4.78, 5) is 27.1. The van der Waals surface area contributed by atoms with Gasteiger partial charge in [-0.25, -0.2) is 9.78 Å². The number of carbonyl (C=O) groups is 1. The number of amides is 1. The maximum Gasteiger partial charge on any atom is 0.409 e. The standard InChI is InChI=1S/C21H23ClN4O2S/c1-4-28-21(27)26-11-9-25(10-12-26)18-17-16(15-7-5-13(2)6-8-15)14(3)29-19(17)24-20(22)23-18/h5-8H,4,9-12H2,1-3H3. The first-order valence-electron chi connectivity index (χ1n) is 9.68. The van der Waals surface area contributed by atoms with Gasteiger partial charge in [0.15, 0.2) is 0 Å². The molecule has 1 saturated heterocycles. The van der Waals surface area contributed by atoms with E-state index in [1.165, 1.54) is 10.4 Å². The lowest BCUT2D eigenvalue weighted by Crippen LogP contribution is -2.49. The van der Waals surface area contributed by atoms with Gasteiger partial charge in [-0.15, -0.1) is 11.3 Å². The lowest BCUT2D eigenvalue weighted by molar-refractivity contribution is 0.105. The highest BCUT2D eigenvalue weighted by Gasteiger charge is 2.26. The van der Waals surface area contributed by atoms with Crippen molar-refractivity contribution >= 4 is 45.1 Å².